The van der Waals surface area contributed by atoms with E-state index < -0.39 is 22.5 Å². The van der Waals surface area contributed by atoms with Gasteiger partial charge in [-0.1, -0.05) is 6.92 Å². The molecule has 1 N–H and O–H groups in total. The molecule has 1 rings (SSSR count). The smallest absolute Gasteiger partial charge is 0.335 e. The van der Waals surface area contributed by atoms with Crippen molar-refractivity contribution in [3.8, 4) is 0 Å². The predicted octanol–water partition coefficient (Wildman–Crippen LogP) is 2.90. The average molecular weight is 340 g/mol. The summed E-state index contributed by atoms with van der Waals surface area (Å²) >= 11 is 1.77. The zero-order chi connectivity index (χ0) is 17.6. The maximum atomic E-state index is 12.5. The highest BCUT2D eigenvalue weighted by atomic mass is 32.2. The molecule has 23 heavy (non-hydrogen) atoms. The van der Waals surface area contributed by atoms with Crippen molar-refractivity contribution in [1.29, 1.82) is 0 Å². The standard InChI is InChI=1S/C15H20N2O5S/c1-4-23-6-5-10(2)16(3)14(18)11-7-12(15(19)20)9-13(8-11)17(21)22/h7-10H,4-6H2,1-3H3,(H,19,20). The third-order valence-corrected chi connectivity index (χ3v) is 4.42. The van der Waals surface area contributed by atoms with E-state index in [0.29, 0.717) is 0 Å². The normalized spacial score (nSPS) is 11.8. The van der Waals surface area contributed by atoms with Crippen LogP contribution in [0.5, 0.6) is 0 Å². The van der Waals surface area contributed by atoms with Crippen LogP contribution in [0.15, 0.2) is 18.2 Å². The minimum Gasteiger partial charge on any atom is -0.478 e. The summed E-state index contributed by atoms with van der Waals surface area (Å²) in [6.45, 7) is 3.95. The Hall–Kier alpha value is -2.09. The third-order valence-electron chi connectivity index (χ3n) is 3.49. The number of thioether (sulfide) groups is 1. The van der Waals surface area contributed by atoms with Crippen LogP contribution in [0.25, 0.3) is 0 Å². The Morgan fingerprint density at radius 2 is 1.96 bits per heavy atom. The highest BCUT2D eigenvalue weighted by Crippen LogP contribution is 2.20. The molecule has 0 saturated carbocycles. The van der Waals surface area contributed by atoms with Crippen LogP contribution in [0.1, 0.15) is 41.0 Å². The number of rotatable bonds is 8. The van der Waals surface area contributed by atoms with E-state index in [4.69, 9.17) is 5.11 Å². The van der Waals surface area contributed by atoms with Crippen LogP contribution in [0, 0.1) is 10.1 Å². The monoisotopic (exact) mass is 340 g/mol. The lowest BCUT2D eigenvalue weighted by atomic mass is 10.1. The van der Waals surface area contributed by atoms with E-state index in [9.17, 15) is 19.7 Å². The summed E-state index contributed by atoms with van der Waals surface area (Å²) in [6.07, 6.45) is 0.793. The number of benzene rings is 1. The molecule has 1 aromatic carbocycles. The van der Waals surface area contributed by atoms with Gasteiger partial charge in [0, 0.05) is 30.8 Å². The first kappa shape index (κ1) is 19.0. The van der Waals surface area contributed by atoms with Crippen LogP contribution >= 0.6 is 11.8 Å². The van der Waals surface area contributed by atoms with E-state index in [1.54, 1.807) is 18.8 Å². The fourth-order valence-electron chi connectivity index (χ4n) is 1.96. The van der Waals surface area contributed by atoms with Gasteiger partial charge >= 0.3 is 5.97 Å². The summed E-state index contributed by atoms with van der Waals surface area (Å²) in [6, 6.07) is 3.18. The number of carbonyl (C=O) groups is 2. The Balaban J connectivity index is 3.01. The number of nitro benzene ring substituents is 1. The molecule has 8 heteroatoms. The van der Waals surface area contributed by atoms with Crippen molar-refractivity contribution in [2.45, 2.75) is 26.3 Å². The second-order valence-corrected chi connectivity index (χ2v) is 6.48. The summed E-state index contributed by atoms with van der Waals surface area (Å²) < 4.78 is 0. The summed E-state index contributed by atoms with van der Waals surface area (Å²) in [4.78, 5) is 35.2. The molecule has 126 valence electrons. The van der Waals surface area contributed by atoms with E-state index in [-0.39, 0.29) is 17.2 Å². The molecular formula is C15H20N2O5S. The van der Waals surface area contributed by atoms with Gasteiger partial charge in [-0.25, -0.2) is 4.79 Å². The molecule has 0 saturated heterocycles. The first-order valence-corrected chi connectivity index (χ1v) is 8.31. The van der Waals surface area contributed by atoms with Crippen molar-refractivity contribution in [2.75, 3.05) is 18.6 Å². The molecule has 0 bridgehead atoms. The molecule has 0 heterocycles. The lowest BCUT2D eigenvalue weighted by Gasteiger charge is -2.25. The number of carboxylic acid groups (broad SMARTS) is 1. The maximum Gasteiger partial charge on any atom is 0.335 e. The van der Waals surface area contributed by atoms with Gasteiger partial charge in [0.25, 0.3) is 11.6 Å². The van der Waals surface area contributed by atoms with Gasteiger partial charge in [-0.3, -0.25) is 14.9 Å². The molecule has 7 nitrogen and oxygen atoms in total. The average Bonchev–Trinajstić information content (AvgIpc) is 2.52. The molecule has 1 aromatic rings. The van der Waals surface area contributed by atoms with Crippen LogP contribution in [0.3, 0.4) is 0 Å². The number of nitrogens with zero attached hydrogens (tertiary/aromatic N) is 2. The predicted molar refractivity (Wildman–Crippen MR) is 89.2 cm³/mol. The molecular weight excluding hydrogens is 320 g/mol. The Morgan fingerprint density at radius 3 is 2.48 bits per heavy atom. The Labute approximate surface area is 138 Å². The quantitative estimate of drug-likeness (QED) is 0.443. The van der Waals surface area contributed by atoms with Gasteiger partial charge in [-0.05, 0) is 30.9 Å². The second-order valence-electron chi connectivity index (χ2n) is 5.08. The first-order chi connectivity index (χ1) is 10.8. The highest BCUT2D eigenvalue weighted by Gasteiger charge is 2.22. The SMILES string of the molecule is CCSCCC(C)N(C)C(=O)c1cc(C(=O)O)cc([N+](=O)[O-])c1. The highest BCUT2D eigenvalue weighted by molar-refractivity contribution is 7.99. The van der Waals surface area contributed by atoms with E-state index >= 15 is 0 Å². The number of carbonyl (C=O) groups excluding carboxylic acids is 1. The molecule has 0 radical (unpaired) electrons. The molecule has 1 amide bonds. The zero-order valence-corrected chi connectivity index (χ0v) is 14.1. The summed E-state index contributed by atoms with van der Waals surface area (Å²) in [5.74, 6) is 0.171. The fraction of sp³-hybridized carbons (Fsp3) is 0.467. The lowest BCUT2D eigenvalue weighted by Crippen LogP contribution is -2.35. The number of hydrogen-bond donors (Lipinski definition) is 1. The molecule has 0 aliphatic carbocycles. The van der Waals surface area contributed by atoms with Crippen molar-refractivity contribution in [3.63, 3.8) is 0 Å². The van der Waals surface area contributed by atoms with Gasteiger partial charge in [0.1, 0.15) is 0 Å². The number of nitro groups is 1. The molecule has 1 unspecified atom stereocenters. The third kappa shape index (κ3) is 5.24. The number of hydrogen-bond acceptors (Lipinski definition) is 5. The Bertz CT molecular complexity index is 573. The van der Waals surface area contributed by atoms with Crippen LogP contribution in [-0.4, -0.2) is 51.4 Å². The Morgan fingerprint density at radius 1 is 1.35 bits per heavy atom. The number of carboxylic acids is 1. The van der Waals surface area contributed by atoms with Crippen molar-refractivity contribution in [2.24, 2.45) is 0 Å². The summed E-state index contributed by atoms with van der Waals surface area (Å²) in [7, 11) is 1.61. The van der Waals surface area contributed by atoms with E-state index in [0.717, 1.165) is 30.1 Å². The van der Waals surface area contributed by atoms with Crippen LogP contribution in [0.2, 0.25) is 0 Å². The van der Waals surface area contributed by atoms with Crippen LogP contribution < -0.4 is 0 Å². The minimum absolute atomic E-state index is 0.00842. The molecule has 0 aliphatic rings. The molecule has 0 aromatic heterocycles. The van der Waals surface area contributed by atoms with Crippen molar-refractivity contribution >= 4 is 29.3 Å². The lowest BCUT2D eigenvalue weighted by molar-refractivity contribution is -0.384. The van der Waals surface area contributed by atoms with E-state index in [1.807, 2.05) is 6.92 Å². The zero-order valence-electron chi connectivity index (χ0n) is 13.3. The second kappa shape index (κ2) is 8.52. The molecule has 0 fully saturated rings. The fourth-order valence-corrected chi connectivity index (χ4v) is 2.76. The number of non-ortho nitro benzene ring substituents is 1. The Kier molecular flexibility index (Phi) is 7.02. The van der Waals surface area contributed by atoms with Crippen molar-refractivity contribution in [1.82, 2.24) is 4.90 Å². The molecule has 0 aliphatic heterocycles. The van der Waals surface area contributed by atoms with Gasteiger partial charge < -0.3 is 10.0 Å². The topological polar surface area (TPSA) is 101 Å². The van der Waals surface area contributed by atoms with Gasteiger partial charge in [0.2, 0.25) is 0 Å². The van der Waals surface area contributed by atoms with E-state index in [2.05, 4.69) is 6.92 Å². The van der Waals surface area contributed by atoms with Gasteiger partial charge in [-0.15, -0.1) is 0 Å². The largest absolute Gasteiger partial charge is 0.478 e. The van der Waals surface area contributed by atoms with Crippen LogP contribution in [0.4, 0.5) is 5.69 Å². The van der Waals surface area contributed by atoms with E-state index in [1.165, 1.54) is 11.0 Å². The van der Waals surface area contributed by atoms with Gasteiger partial charge in [0.05, 0.1) is 10.5 Å². The van der Waals surface area contributed by atoms with Gasteiger partial charge in [-0.2, -0.15) is 11.8 Å². The summed E-state index contributed by atoms with van der Waals surface area (Å²) in [5.41, 5.74) is -0.671. The number of amides is 1. The molecule has 0 spiro atoms. The van der Waals surface area contributed by atoms with Crippen LogP contribution in [-0.2, 0) is 0 Å². The van der Waals surface area contributed by atoms with Crippen molar-refractivity contribution in [3.05, 3.63) is 39.4 Å². The number of aromatic carboxylic acids is 1. The summed E-state index contributed by atoms with van der Waals surface area (Å²) in [5, 5.41) is 20.0. The minimum atomic E-state index is -1.31. The first-order valence-electron chi connectivity index (χ1n) is 7.15. The molecule has 1 atom stereocenters. The maximum absolute atomic E-state index is 12.5. The van der Waals surface area contributed by atoms with Gasteiger partial charge in [0.15, 0.2) is 0 Å². The van der Waals surface area contributed by atoms with Crippen molar-refractivity contribution < 1.29 is 19.6 Å².